The SMILES string of the molecule is CCOC(=O)N1CCN(c2cc(NCCC(C)C)ncn2)CC1. The van der Waals surface area contributed by atoms with E-state index in [9.17, 15) is 4.79 Å². The number of hydrogen-bond acceptors (Lipinski definition) is 6. The summed E-state index contributed by atoms with van der Waals surface area (Å²) in [6.45, 7) is 10.4. The van der Waals surface area contributed by atoms with Gasteiger partial charge < -0.3 is 19.9 Å². The fraction of sp³-hybridized carbons (Fsp3) is 0.688. The number of piperazine rings is 1. The van der Waals surface area contributed by atoms with Crippen LogP contribution in [-0.2, 0) is 4.74 Å². The van der Waals surface area contributed by atoms with E-state index in [1.807, 2.05) is 13.0 Å². The number of carbonyl (C=O) groups is 1. The number of nitrogens with one attached hydrogen (secondary N) is 1. The lowest BCUT2D eigenvalue weighted by Crippen LogP contribution is -2.49. The van der Waals surface area contributed by atoms with Crippen LogP contribution in [0.1, 0.15) is 27.2 Å². The van der Waals surface area contributed by atoms with Crippen molar-refractivity contribution in [1.82, 2.24) is 14.9 Å². The van der Waals surface area contributed by atoms with Crippen molar-refractivity contribution in [3.05, 3.63) is 12.4 Å². The monoisotopic (exact) mass is 321 g/mol. The highest BCUT2D eigenvalue weighted by molar-refractivity contribution is 5.68. The van der Waals surface area contributed by atoms with Crippen molar-refractivity contribution in [2.24, 2.45) is 5.92 Å². The summed E-state index contributed by atoms with van der Waals surface area (Å²) in [4.78, 5) is 24.2. The third-order valence-corrected chi connectivity index (χ3v) is 3.81. The molecule has 0 atom stereocenters. The van der Waals surface area contributed by atoms with Crippen LogP contribution in [0.2, 0.25) is 0 Å². The van der Waals surface area contributed by atoms with Gasteiger partial charge in [-0.3, -0.25) is 0 Å². The summed E-state index contributed by atoms with van der Waals surface area (Å²) >= 11 is 0. The van der Waals surface area contributed by atoms with Crippen LogP contribution < -0.4 is 10.2 Å². The number of nitrogens with zero attached hydrogens (tertiary/aromatic N) is 4. The molecule has 0 aliphatic carbocycles. The molecule has 1 amide bonds. The molecule has 7 nitrogen and oxygen atoms in total. The highest BCUT2D eigenvalue weighted by Gasteiger charge is 2.22. The van der Waals surface area contributed by atoms with Crippen molar-refractivity contribution in [2.75, 3.05) is 49.5 Å². The van der Waals surface area contributed by atoms with Crippen LogP contribution >= 0.6 is 0 Å². The highest BCUT2D eigenvalue weighted by Crippen LogP contribution is 2.16. The molecule has 1 saturated heterocycles. The number of aromatic nitrogens is 2. The van der Waals surface area contributed by atoms with Crippen LogP contribution in [0.5, 0.6) is 0 Å². The van der Waals surface area contributed by atoms with Crippen molar-refractivity contribution in [3.63, 3.8) is 0 Å². The first-order valence-electron chi connectivity index (χ1n) is 8.32. The maximum Gasteiger partial charge on any atom is 0.409 e. The van der Waals surface area contributed by atoms with E-state index < -0.39 is 0 Å². The van der Waals surface area contributed by atoms with Gasteiger partial charge in [-0.25, -0.2) is 14.8 Å². The van der Waals surface area contributed by atoms with E-state index in [1.165, 1.54) is 0 Å². The van der Waals surface area contributed by atoms with Gasteiger partial charge in [-0.2, -0.15) is 0 Å². The quantitative estimate of drug-likeness (QED) is 0.866. The Morgan fingerprint density at radius 2 is 2.04 bits per heavy atom. The molecule has 1 aliphatic rings. The Balaban J connectivity index is 1.87. The third-order valence-electron chi connectivity index (χ3n) is 3.81. The number of carbonyl (C=O) groups excluding carboxylic acids is 1. The lowest BCUT2D eigenvalue weighted by molar-refractivity contribution is 0.105. The summed E-state index contributed by atoms with van der Waals surface area (Å²) in [7, 11) is 0. The number of rotatable bonds is 6. The average Bonchev–Trinajstić information content (AvgIpc) is 2.55. The first-order valence-corrected chi connectivity index (χ1v) is 8.32. The van der Waals surface area contributed by atoms with Gasteiger partial charge in [0.15, 0.2) is 0 Å². The molecule has 0 unspecified atom stereocenters. The van der Waals surface area contributed by atoms with Crippen LogP contribution in [-0.4, -0.2) is 60.3 Å². The van der Waals surface area contributed by atoms with Gasteiger partial charge in [0, 0.05) is 38.8 Å². The average molecular weight is 321 g/mol. The summed E-state index contributed by atoms with van der Waals surface area (Å²) < 4.78 is 5.04. The van der Waals surface area contributed by atoms with Gasteiger partial charge in [-0.15, -0.1) is 0 Å². The zero-order valence-electron chi connectivity index (χ0n) is 14.3. The van der Waals surface area contributed by atoms with E-state index in [0.717, 1.165) is 37.7 Å². The molecule has 1 aromatic heterocycles. The van der Waals surface area contributed by atoms with Crippen molar-refractivity contribution >= 4 is 17.7 Å². The molecule has 0 radical (unpaired) electrons. The molecular formula is C16H27N5O2. The molecule has 23 heavy (non-hydrogen) atoms. The maximum atomic E-state index is 11.7. The van der Waals surface area contributed by atoms with Gasteiger partial charge in [-0.1, -0.05) is 13.8 Å². The van der Waals surface area contributed by atoms with Gasteiger partial charge in [0.2, 0.25) is 0 Å². The number of anilines is 2. The summed E-state index contributed by atoms with van der Waals surface area (Å²) in [6.07, 6.45) is 2.47. The normalized spacial score (nSPS) is 15.0. The standard InChI is InChI=1S/C16H27N5O2/c1-4-23-16(22)21-9-7-20(8-10-21)15-11-14(18-12-19-15)17-6-5-13(2)3/h11-13H,4-10H2,1-3H3,(H,17,18,19). The molecule has 1 N–H and O–H groups in total. The van der Waals surface area contributed by atoms with Crippen LogP contribution in [0, 0.1) is 5.92 Å². The van der Waals surface area contributed by atoms with Gasteiger partial charge in [-0.05, 0) is 19.3 Å². The largest absolute Gasteiger partial charge is 0.450 e. The molecule has 0 bridgehead atoms. The Labute approximate surface area is 138 Å². The summed E-state index contributed by atoms with van der Waals surface area (Å²) in [5.74, 6) is 2.42. The number of amides is 1. The van der Waals surface area contributed by atoms with Crippen LogP contribution in [0.15, 0.2) is 12.4 Å². The first kappa shape index (κ1) is 17.3. The molecule has 128 valence electrons. The third kappa shape index (κ3) is 5.26. The van der Waals surface area contributed by atoms with E-state index in [1.54, 1.807) is 11.2 Å². The smallest absolute Gasteiger partial charge is 0.409 e. The fourth-order valence-electron chi connectivity index (χ4n) is 2.44. The second-order valence-electron chi connectivity index (χ2n) is 6.04. The van der Waals surface area contributed by atoms with Crippen LogP contribution in [0.25, 0.3) is 0 Å². The topological polar surface area (TPSA) is 70.6 Å². The summed E-state index contributed by atoms with van der Waals surface area (Å²) in [5.41, 5.74) is 0. The summed E-state index contributed by atoms with van der Waals surface area (Å²) in [5, 5.41) is 3.34. The minimum atomic E-state index is -0.231. The van der Waals surface area contributed by atoms with Crippen molar-refractivity contribution in [1.29, 1.82) is 0 Å². The number of hydrogen-bond donors (Lipinski definition) is 1. The van der Waals surface area contributed by atoms with E-state index in [0.29, 0.717) is 25.6 Å². The fourth-order valence-corrected chi connectivity index (χ4v) is 2.44. The van der Waals surface area contributed by atoms with Crippen molar-refractivity contribution in [3.8, 4) is 0 Å². The highest BCUT2D eigenvalue weighted by atomic mass is 16.6. The zero-order valence-corrected chi connectivity index (χ0v) is 14.3. The molecule has 0 aromatic carbocycles. The molecule has 1 aromatic rings. The predicted molar refractivity (Wildman–Crippen MR) is 90.8 cm³/mol. The molecule has 1 fully saturated rings. The Hall–Kier alpha value is -2.05. The molecule has 1 aliphatic heterocycles. The molecule has 0 spiro atoms. The Kier molecular flexibility index (Phi) is 6.43. The molecule has 2 rings (SSSR count). The van der Waals surface area contributed by atoms with Crippen molar-refractivity contribution in [2.45, 2.75) is 27.2 Å². The van der Waals surface area contributed by atoms with Crippen molar-refractivity contribution < 1.29 is 9.53 Å². The Morgan fingerprint density at radius 3 is 2.70 bits per heavy atom. The van der Waals surface area contributed by atoms with Crippen LogP contribution in [0.4, 0.5) is 16.4 Å². The van der Waals surface area contributed by atoms with E-state index in [2.05, 4.69) is 34.0 Å². The zero-order chi connectivity index (χ0) is 16.7. The minimum absolute atomic E-state index is 0.231. The second-order valence-corrected chi connectivity index (χ2v) is 6.04. The van der Waals surface area contributed by atoms with E-state index in [-0.39, 0.29) is 6.09 Å². The van der Waals surface area contributed by atoms with Gasteiger partial charge >= 0.3 is 6.09 Å². The lowest BCUT2D eigenvalue weighted by atomic mass is 10.1. The van der Waals surface area contributed by atoms with Gasteiger partial charge in [0.25, 0.3) is 0 Å². The number of ether oxygens (including phenoxy) is 1. The Bertz CT molecular complexity index is 501. The molecule has 7 heteroatoms. The summed E-state index contributed by atoms with van der Waals surface area (Å²) in [6, 6.07) is 1.97. The molecule has 2 heterocycles. The van der Waals surface area contributed by atoms with Crippen LogP contribution in [0.3, 0.4) is 0 Å². The molecular weight excluding hydrogens is 294 g/mol. The predicted octanol–water partition coefficient (Wildman–Crippen LogP) is 2.21. The maximum absolute atomic E-state index is 11.7. The van der Waals surface area contributed by atoms with E-state index >= 15 is 0 Å². The first-order chi connectivity index (χ1) is 11.1. The lowest BCUT2D eigenvalue weighted by Gasteiger charge is -2.34. The Morgan fingerprint density at radius 1 is 1.30 bits per heavy atom. The minimum Gasteiger partial charge on any atom is -0.450 e. The van der Waals surface area contributed by atoms with E-state index in [4.69, 9.17) is 4.74 Å². The molecule has 0 saturated carbocycles. The van der Waals surface area contributed by atoms with Gasteiger partial charge in [0.05, 0.1) is 6.61 Å². The second kappa shape index (κ2) is 8.55. The van der Waals surface area contributed by atoms with Gasteiger partial charge in [0.1, 0.15) is 18.0 Å².